The molecule has 1 aliphatic rings. The van der Waals surface area contributed by atoms with Crippen LogP contribution in [0.4, 0.5) is 0 Å². The SMILES string of the molecule is CCOC(=O)/C=c1\[nH]c(=S)s\c1=C/c1cc(Cl)c2c(c1)OCCCO2. The molecule has 0 amide bonds. The second kappa shape index (κ2) is 8.03. The lowest BCUT2D eigenvalue weighted by atomic mass is 10.2. The van der Waals surface area contributed by atoms with Gasteiger partial charge in [-0.2, -0.15) is 0 Å². The van der Waals surface area contributed by atoms with Crippen molar-refractivity contribution in [1.82, 2.24) is 4.98 Å². The van der Waals surface area contributed by atoms with Gasteiger partial charge in [0.2, 0.25) is 0 Å². The quantitative estimate of drug-likeness (QED) is 0.637. The molecule has 132 valence electrons. The van der Waals surface area contributed by atoms with Gasteiger partial charge in [-0.3, -0.25) is 0 Å². The van der Waals surface area contributed by atoms with Gasteiger partial charge in [-0.05, 0) is 42.9 Å². The van der Waals surface area contributed by atoms with Gasteiger partial charge in [0.25, 0.3) is 0 Å². The number of fused-ring (bicyclic) bond motifs is 1. The number of H-pyrrole nitrogens is 1. The first-order chi connectivity index (χ1) is 12.1. The fourth-order valence-electron chi connectivity index (χ4n) is 2.35. The highest BCUT2D eigenvalue weighted by molar-refractivity contribution is 7.73. The molecule has 0 fully saturated rings. The van der Waals surface area contributed by atoms with E-state index in [2.05, 4.69) is 4.98 Å². The largest absolute Gasteiger partial charge is 0.489 e. The highest BCUT2D eigenvalue weighted by atomic mass is 35.5. The van der Waals surface area contributed by atoms with Crippen LogP contribution in [-0.4, -0.2) is 30.8 Å². The molecule has 8 heteroatoms. The fraction of sp³-hybridized carbons (Fsp3) is 0.294. The molecular weight excluding hydrogens is 382 g/mol. The van der Waals surface area contributed by atoms with Crippen molar-refractivity contribution in [3.05, 3.63) is 36.6 Å². The number of aromatic nitrogens is 1. The van der Waals surface area contributed by atoms with Crippen LogP contribution in [0.3, 0.4) is 0 Å². The van der Waals surface area contributed by atoms with E-state index >= 15 is 0 Å². The normalized spacial score (nSPS) is 15.1. The zero-order valence-corrected chi connectivity index (χ0v) is 15.9. The summed E-state index contributed by atoms with van der Waals surface area (Å²) in [5.74, 6) is 0.764. The Morgan fingerprint density at radius 2 is 2.24 bits per heavy atom. The molecule has 0 saturated carbocycles. The highest BCUT2D eigenvalue weighted by Gasteiger charge is 2.15. The van der Waals surface area contributed by atoms with E-state index in [0.29, 0.717) is 45.6 Å². The number of carbonyl (C=O) groups is 1. The Morgan fingerprint density at radius 3 is 3.04 bits per heavy atom. The van der Waals surface area contributed by atoms with Crippen LogP contribution in [0.5, 0.6) is 11.5 Å². The topological polar surface area (TPSA) is 60.6 Å². The monoisotopic (exact) mass is 397 g/mol. The molecule has 1 N–H and O–H groups in total. The van der Waals surface area contributed by atoms with E-state index in [1.807, 2.05) is 12.1 Å². The molecule has 0 saturated heterocycles. The zero-order valence-electron chi connectivity index (χ0n) is 13.5. The third-order valence-corrected chi connectivity index (χ3v) is 4.85. The highest BCUT2D eigenvalue weighted by Crippen LogP contribution is 2.38. The molecule has 25 heavy (non-hydrogen) atoms. The van der Waals surface area contributed by atoms with Crippen molar-refractivity contribution in [2.75, 3.05) is 19.8 Å². The Morgan fingerprint density at radius 1 is 1.44 bits per heavy atom. The summed E-state index contributed by atoms with van der Waals surface area (Å²) >= 11 is 12.9. The third-order valence-electron chi connectivity index (χ3n) is 3.38. The lowest BCUT2D eigenvalue weighted by molar-refractivity contribution is -0.135. The van der Waals surface area contributed by atoms with E-state index in [1.54, 1.807) is 13.0 Å². The Bertz CT molecular complexity index is 964. The maximum absolute atomic E-state index is 11.7. The lowest BCUT2D eigenvalue weighted by Crippen LogP contribution is -2.23. The molecule has 0 atom stereocenters. The molecular formula is C17H16ClNO4S2. The molecule has 1 aromatic heterocycles. The maximum Gasteiger partial charge on any atom is 0.332 e. The molecule has 2 aromatic rings. The summed E-state index contributed by atoms with van der Waals surface area (Å²) < 4.78 is 17.7. The molecule has 0 spiro atoms. The van der Waals surface area contributed by atoms with Crippen LogP contribution in [-0.2, 0) is 9.53 Å². The number of rotatable bonds is 3. The van der Waals surface area contributed by atoms with E-state index in [-0.39, 0.29) is 0 Å². The van der Waals surface area contributed by atoms with E-state index in [1.165, 1.54) is 17.4 Å². The number of benzene rings is 1. The van der Waals surface area contributed by atoms with Gasteiger partial charge >= 0.3 is 5.97 Å². The smallest absolute Gasteiger partial charge is 0.332 e. The maximum atomic E-state index is 11.7. The Kier molecular flexibility index (Phi) is 5.78. The number of hydrogen-bond acceptors (Lipinski definition) is 6. The second-order valence-electron chi connectivity index (χ2n) is 5.21. The zero-order chi connectivity index (χ0) is 17.8. The summed E-state index contributed by atoms with van der Waals surface area (Å²) in [6.45, 7) is 3.23. The van der Waals surface area contributed by atoms with Crippen molar-refractivity contribution >= 4 is 53.3 Å². The van der Waals surface area contributed by atoms with Gasteiger partial charge < -0.3 is 19.2 Å². The Labute approximate surface area is 158 Å². The molecule has 0 unspecified atom stereocenters. The average Bonchev–Trinajstić information content (AvgIpc) is 2.75. The first-order valence-electron chi connectivity index (χ1n) is 7.75. The molecule has 0 aliphatic carbocycles. The van der Waals surface area contributed by atoms with E-state index in [4.69, 9.17) is 38.0 Å². The van der Waals surface area contributed by atoms with Crippen molar-refractivity contribution < 1.29 is 19.0 Å². The van der Waals surface area contributed by atoms with Crippen molar-refractivity contribution in [2.24, 2.45) is 0 Å². The number of hydrogen-bond donors (Lipinski definition) is 1. The van der Waals surface area contributed by atoms with E-state index in [0.717, 1.165) is 16.5 Å². The van der Waals surface area contributed by atoms with Crippen LogP contribution in [0, 0.1) is 3.95 Å². The van der Waals surface area contributed by atoms with E-state index in [9.17, 15) is 4.79 Å². The standard InChI is InChI=1S/C17H16ClNO4S2/c1-2-21-15(20)9-12-14(25-17(24)19-12)8-10-6-11(18)16-13(7-10)22-4-3-5-23-16/h6-9H,2-5H2,1H3,(H,19,24)/b12-9-,14-8-. The molecule has 0 radical (unpaired) electrons. The van der Waals surface area contributed by atoms with Crippen molar-refractivity contribution in [2.45, 2.75) is 13.3 Å². The predicted octanol–water partition coefficient (Wildman–Crippen LogP) is 2.79. The van der Waals surface area contributed by atoms with Gasteiger partial charge in [0.05, 0.1) is 34.7 Å². The van der Waals surface area contributed by atoms with Gasteiger partial charge in [0.15, 0.2) is 15.5 Å². The molecule has 5 nitrogen and oxygen atoms in total. The van der Waals surface area contributed by atoms with Gasteiger partial charge in [0.1, 0.15) is 0 Å². The summed E-state index contributed by atoms with van der Waals surface area (Å²) in [7, 11) is 0. The van der Waals surface area contributed by atoms with Crippen molar-refractivity contribution in [3.8, 4) is 11.5 Å². The molecule has 0 bridgehead atoms. The van der Waals surface area contributed by atoms with Crippen LogP contribution in [0.2, 0.25) is 5.02 Å². The average molecular weight is 398 g/mol. The molecule has 2 heterocycles. The number of aromatic amines is 1. The molecule has 1 aliphatic heterocycles. The van der Waals surface area contributed by atoms with Crippen LogP contribution in [0.25, 0.3) is 12.2 Å². The summed E-state index contributed by atoms with van der Waals surface area (Å²) in [4.78, 5) is 14.7. The summed E-state index contributed by atoms with van der Waals surface area (Å²) in [5, 5.41) is 1.09. The van der Waals surface area contributed by atoms with Gasteiger partial charge in [-0.1, -0.05) is 11.6 Å². The van der Waals surface area contributed by atoms with E-state index < -0.39 is 5.97 Å². The van der Waals surface area contributed by atoms with Crippen LogP contribution in [0.15, 0.2) is 12.1 Å². The number of halogens is 1. The van der Waals surface area contributed by atoms with Gasteiger partial charge in [0, 0.05) is 12.5 Å². The minimum absolute atomic E-state index is 0.316. The lowest BCUT2D eigenvalue weighted by Gasteiger charge is -2.09. The number of esters is 1. The second-order valence-corrected chi connectivity index (χ2v) is 7.34. The summed E-state index contributed by atoms with van der Waals surface area (Å²) in [5.41, 5.74) is 0.831. The van der Waals surface area contributed by atoms with Crippen molar-refractivity contribution in [3.63, 3.8) is 0 Å². The molecule has 3 rings (SSSR count). The van der Waals surface area contributed by atoms with Crippen molar-refractivity contribution in [1.29, 1.82) is 0 Å². The van der Waals surface area contributed by atoms with Crippen LogP contribution in [0.1, 0.15) is 18.9 Å². The number of thiazole rings is 1. The van der Waals surface area contributed by atoms with Crippen LogP contribution < -0.4 is 19.4 Å². The Hall–Kier alpha value is -1.83. The summed E-state index contributed by atoms with van der Waals surface area (Å²) in [6.07, 6.45) is 4.09. The predicted molar refractivity (Wildman–Crippen MR) is 100 cm³/mol. The Balaban J connectivity index is 2.07. The fourth-order valence-corrected chi connectivity index (χ4v) is 3.78. The minimum Gasteiger partial charge on any atom is -0.489 e. The van der Waals surface area contributed by atoms with Gasteiger partial charge in [-0.15, -0.1) is 11.3 Å². The first kappa shape index (κ1) is 18.0. The van der Waals surface area contributed by atoms with Crippen LogP contribution >= 0.6 is 35.2 Å². The summed E-state index contributed by atoms with van der Waals surface area (Å²) in [6, 6.07) is 3.66. The third kappa shape index (κ3) is 4.42. The molecule has 1 aromatic carbocycles. The number of ether oxygens (including phenoxy) is 3. The minimum atomic E-state index is -0.419. The number of nitrogens with one attached hydrogen (secondary N) is 1. The van der Waals surface area contributed by atoms with Gasteiger partial charge in [-0.25, -0.2) is 4.79 Å². The first-order valence-corrected chi connectivity index (χ1v) is 9.35. The number of carbonyl (C=O) groups excluding carboxylic acids is 1.